The molecule has 5 nitrogen and oxygen atoms in total. The largest absolute Gasteiger partial charge is 0.573 e. The van der Waals surface area contributed by atoms with Gasteiger partial charge in [-0.25, -0.2) is 9.97 Å². The topological polar surface area (TPSA) is 51.5 Å². The maximum absolute atomic E-state index is 12.9. The summed E-state index contributed by atoms with van der Waals surface area (Å²) in [6.07, 6.45) is -4.98. The first-order valence-corrected chi connectivity index (χ1v) is 8.73. The summed E-state index contributed by atoms with van der Waals surface area (Å²) in [5.41, 5.74) is 0.440. The molecule has 0 bridgehead atoms. The third-order valence-corrected chi connectivity index (χ3v) is 4.24. The van der Waals surface area contributed by atoms with Gasteiger partial charge >= 0.3 is 12.5 Å². The number of anilines is 2. The molecule has 0 spiro atoms. The summed E-state index contributed by atoms with van der Waals surface area (Å²) in [4.78, 5) is 8.34. The van der Waals surface area contributed by atoms with Crippen molar-refractivity contribution in [2.45, 2.75) is 12.5 Å². The van der Waals surface area contributed by atoms with E-state index < -0.39 is 23.9 Å². The van der Waals surface area contributed by atoms with E-state index in [0.717, 1.165) is 12.1 Å². The SMILES string of the molecule is FC(F)(F)Oc1cccc(-c2cnc3c(Nc4cccc(C(F)(F)F)c4)nccn23)c1. The fraction of sp³-hybridized carbons (Fsp3) is 0.100. The Morgan fingerprint density at radius 1 is 0.903 bits per heavy atom. The van der Waals surface area contributed by atoms with Crippen LogP contribution in [0.25, 0.3) is 16.9 Å². The summed E-state index contributed by atoms with van der Waals surface area (Å²) in [5.74, 6) is -0.216. The third kappa shape index (κ3) is 4.55. The first-order chi connectivity index (χ1) is 14.6. The van der Waals surface area contributed by atoms with Gasteiger partial charge in [-0.2, -0.15) is 13.2 Å². The van der Waals surface area contributed by atoms with Crippen molar-refractivity contribution in [2.75, 3.05) is 5.32 Å². The van der Waals surface area contributed by atoms with Crippen molar-refractivity contribution in [1.29, 1.82) is 0 Å². The Morgan fingerprint density at radius 2 is 1.68 bits per heavy atom. The molecule has 0 aliphatic heterocycles. The van der Waals surface area contributed by atoms with Crippen LogP contribution in [0.3, 0.4) is 0 Å². The van der Waals surface area contributed by atoms with Gasteiger partial charge in [0.15, 0.2) is 11.5 Å². The van der Waals surface area contributed by atoms with Gasteiger partial charge in [-0.3, -0.25) is 4.40 Å². The summed E-state index contributed by atoms with van der Waals surface area (Å²) >= 11 is 0. The molecule has 0 unspecified atom stereocenters. The Kier molecular flexibility index (Phi) is 4.96. The van der Waals surface area contributed by atoms with Crippen LogP contribution < -0.4 is 10.1 Å². The van der Waals surface area contributed by atoms with E-state index in [0.29, 0.717) is 11.3 Å². The maximum Gasteiger partial charge on any atom is 0.573 e. The fourth-order valence-corrected chi connectivity index (χ4v) is 2.98. The highest BCUT2D eigenvalue weighted by atomic mass is 19.4. The Bertz CT molecular complexity index is 1230. The van der Waals surface area contributed by atoms with Gasteiger partial charge in [0, 0.05) is 23.6 Å². The van der Waals surface area contributed by atoms with Gasteiger partial charge < -0.3 is 10.1 Å². The second-order valence-corrected chi connectivity index (χ2v) is 6.39. The van der Waals surface area contributed by atoms with Crippen molar-refractivity contribution in [3.63, 3.8) is 0 Å². The average Bonchev–Trinajstić information content (AvgIpc) is 3.12. The van der Waals surface area contributed by atoms with Crippen LogP contribution in [0.5, 0.6) is 5.75 Å². The summed E-state index contributed by atoms with van der Waals surface area (Å²) in [6, 6.07) is 9.94. The number of imidazole rings is 1. The van der Waals surface area contributed by atoms with Crippen molar-refractivity contribution in [2.24, 2.45) is 0 Å². The lowest BCUT2D eigenvalue weighted by atomic mass is 10.1. The van der Waals surface area contributed by atoms with Crippen LogP contribution in [-0.2, 0) is 6.18 Å². The minimum Gasteiger partial charge on any atom is -0.406 e. The molecule has 4 rings (SSSR count). The van der Waals surface area contributed by atoms with Gasteiger partial charge in [-0.15, -0.1) is 13.2 Å². The second-order valence-electron chi connectivity index (χ2n) is 6.39. The van der Waals surface area contributed by atoms with Gasteiger partial charge in [0.1, 0.15) is 5.75 Å². The molecule has 160 valence electrons. The van der Waals surface area contributed by atoms with E-state index in [1.807, 2.05) is 0 Å². The zero-order chi connectivity index (χ0) is 22.2. The summed E-state index contributed by atoms with van der Waals surface area (Å²) in [6.45, 7) is 0. The number of alkyl halides is 6. The minimum atomic E-state index is -4.83. The average molecular weight is 438 g/mol. The van der Waals surface area contributed by atoms with Crippen LogP contribution >= 0.6 is 0 Å². The van der Waals surface area contributed by atoms with Crippen molar-refractivity contribution >= 4 is 17.2 Å². The van der Waals surface area contributed by atoms with E-state index in [4.69, 9.17) is 0 Å². The molecule has 0 radical (unpaired) electrons. The van der Waals surface area contributed by atoms with E-state index in [1.165, 1.54) is 48.9 Å². The highest BCUT2D eigenvalue weighted by Gasteiger charge is 2.31. The molecule has 0 amide bonds. The molecule has 0 saturated heterocycles. The van der Waals surface area contributed by atoms with Gasteiger partial charge in [-0.05, 0) is 30.3 Å². The number of nitrogens with zero attached hydrogens (tertiary/aromatic N) is 3. The highest BCUT2D eigenvalue weighted by molar-refractivity contribution is 5.74. The smallest absolute Gasteiger partial charge is 0.406 e. The number of nitrogens with one attached hydrogen (secondary N) is 1. The molecule has 11 heteroatoms. The monoisotopic (exact) mass is 438 g/mol. The van der Waals surface area contributed by atoms with E-state index in [9.17, 15) is 26.3 Å². The minimum absolute atomic E-state index is 0.153. The number of fused-ring (bicyclic) bond motifs is 1. The van der Waals surface area contributed by atoms with Crippen LogP contribution in [0, 0.1) is 0 Å². The fourth-order valence-electron chi connectivity index (χ4n) is 2.98. The zero-order valence-electron chi connectivity index (χ0n) is 15.4. The first-order valence-electron chi connectivity index (χ1n) is 8.73. The summed E-state index contributed by atoms with van der Waals surface area (Å²) in [5, 5.41) is 2.80. The predicted molar refractivity (Wildman–Crippen MR) is 99.8 cm³/mol. The number of rotatable bonds is 4. The van der Waals surface area contributed by atoms with E-state index >= 15 is 0 Å². The quantitative estimate of drug-likeness (QED) is 0.394. The maximum atomic E-state index is 12.9. The van der Waals surface area contributed by atoms with Gasteiger partial charge in [0.05, 0.1) is 17.5 Å². The Morgan fingerprint density at radius 3 is 2.42 bits per heavy atom. The molecule has 0 fully saturated rings. The van der Waals surface area contributed by atoms with Crippen molar-refractivity contribution in [3.05, 3.63) is 72.7 Å². The van der Waals surface area contributed by atoms with E-state index in [2.05, 4.69) is 20.0 Å². The second kappa shape index (κ2) is 7.49. The molecule has 0 aliphatic carbocycles. The van der Waals surface area contributed by atoms with Crippen LogP contribution in [-0.4, -0.2) is 20.7 Å². The summed E-state index contributed by atoms with van der Waals surface area (Å²) in [7, 11) is 0. The third-order valence-electron chi connectivity index (χ3n) is 4.24. The van der Waals surface area contributed by atoms with E-state index in [1.54, 1.807) is 10.5 Å². The Labute approximate surface area is 170 Å². The highest BCUT2D eigenvalue weighted by Crippen LogP contribution is 2.33. The number of benzene rings is 2. The Hall–Kier alpha value is -3.76. The molecule has 2 aromatic carbocycles. The standard InChI is InChI=1S/C20H12F6N4O/c21-19(22,23)13-4-2-5-14(10-13)29-17-18-28-11-16(30(18)8-7-27-17)12-3-1-6-15(9-12)31-20(24,25)26/h1-11H,(H,27,29). The molecule has 31 heavy (non-hydrogen) atoms. The van der Waals surface area contributed by atoms with Crippen LogP contribution in [0.4, 0.5) is 37.8 Å². The number of hydrogen-bond donors (Lipinski definition) is 1. The number of hydrogen-bond acceptors (Lipinski definition) is 4. The predicted octanol–water partition coefficient (Wildman–Crippen LogP) is 6.06. The van der Waals surface area contributed by atoms with Crippen molar-refractivity contribution in [3.8, 4) is 17.0 Å². The first kappa shape index (κ1) is 20.5. The molecule has 4 aromatic rings. The normalized spacial score (nSPS) is 12.2. The van der Waals surface area contributed by atoms with Crippen LogP contribution in [0.15, 0.2) is 67.1 Å². The molecule has 1 N–H and O–H groups in total. The molecule has 0 atom stereocenters. The van der Waals surface area contributed by atoms with Crippen molar-refractivity contribution < 1.29 is 31.1 Å². The molecule has 0 saturated carbocycles. The number of aromatic nitrogens is 3. The number of ether oxygens (including phenoxy) is 1. The lowest BCUT2D eigenvalue weighted by Gasteiger charge is -2.11. The van der Waals surface area contributed by atoms with Crippen LogP contribution in [0.1, 0.15) is 5.56 Å². The molecule has 2 heterocycles. The van der Waals surface area contributed by atoms with Gasteiger partial charge in [0.2, 0.25) is 0 Å². The molecule has 2 aromatic heterocycles. The number of halogens is 6. The lowest BCUT2D eigenvalue weighted by Crippen LogP contribution is -2.17. The lowest BCUT2D eigenvalue weighted by molar-refractivity contribution is -0.274. The Balaban J connectivity index is 1.69. The summed E-state index contributed by atoms with van der Waals surface area (Å²) < 4.78 is 81.8. The van der Waals surface area contributed by atoms with Crippen molar-refractivity contribution in [1.82, 2.24) is 14.4 Å². The van der Waals surface area contributed by atoms with Gasteiger partial charge in [-0.1, -0.05) is 18.2 Å². The van der Waals surface area contributed by atoms with Crippen LogP contribution in [0.2, 0.25) is 0 Å². The molecular formula is C20H12F6N4O. The zero-order valence-corrected chi connectivity index (χ0v) is 15.4. The van der Waals surface area contributed by atoms with Gasteiger partial charge in [0.25, 0.3) is 0 Å². The molecule has 0 aliphatic rings. The van der Waals surface area contributed by atoms with E-state index in [-0.39, 0.29) is 17.2 Å². The molecular weight excluding hydrogens is 426 g/mol.